The molecule has 84 valence electrons. The van der Waals surface area contributed by atoms with Crippen LogP contribution < -0.4 is 5.73 Å². The topological polar surface area (TPSA) is 38.9 Å². The summed E-state index contributed by atoms with van der Waals surface area (Å²) in [6, 6.07) is 6.70. The molecule has 4 heteroatoms. The van der Waals surface area contributed by atoms with Gasteiger partial charge in [-0.2, -0.15) is 0 Å². The van der Waals surface area contributed by atoms with E-state index in [4.69, 9.17) is 17.3 Å². The number of hydrogen-bond donors (Lipinski definition) is 1. The van der Waals surface area contributed by atoms with E-state index in [0.717, 1.165) is 29.4 Å². The number of nitrogens with zero attached hydrogens (tertiary/aromatic N) is 1. The van der Waals surface area contributed by atoms with E-state index >= 15 is 0 Å². The van der Waals surface area contributed by atoms with E-state index in [1.807, 2.05) is 12.1 Å². The van der Waals surface area contributed by atoms with Crippen LogP contribution >= 0.6 is 11.6 Å². The first-order chi connectivity index (χ1) is 7.70. The third kappa shape index (κ3) is 2.31. The molecule has 2 aromatic rings. The minimum absolute atomic E-state index is 0.107. The zero-order valence-corrected chi connectivity index (χ0v) is 9.47. The standard InChI is InChI=1S/C12H12ClFN2/c13-10-7-12-8(6-11(10)14)3-4-9(16-12)2-1-5-15/h3-4,6-7H,1-2,5,15H2. The van der Waals surface area contributed by atoms with Crippen LogP contribution in [0, 0.1) is 5.82 Å². The molecule has 2 N–H and O–H groups in total. The van der Waals surface area contributed by atoms with Crippen LogP contribution in [0.4, 0.5) is 4.39 Å². The van der Waals surface area contributed by atoms with E-state index in [-0.39, 0.29) is 5.02 Å². The molecule has 0 spiro atoms. The highest BCUT2D eigenvalue weighted by molar-refractivity contribution is 6.31. The Morgan fingerprint density at radius 2 is 2.12 bits per heavy atom. The van der Waals surface area contributed by atoms with E-state index in [1.165, 1.54) is 6.07 Å². The van der Waals surface area contributed by atoms with Crippen LogP contribution in [0.1, 0.15) is 12.1 Å². The van der Waals surface area contributed by atoms with Crippen molar-refractivity contribution in [3.05, 3.63) is 40.8 Å². The fourth-order valence-corrected chi connectivity index (χ4v) is 1.74. The minimum Gasteiger partial charge on any atom is -0.330 e. The van der Waals surface area contributed by atoms with Gasteiger partial charge in [0.05, 0.1) is 10.5 Å². The predicted octanol–water partition coefficient (Wildman–Crippen LogP) is 2.92. The summed E-state index contributed by atoms with van der Waals surface area (Å²) in [5.74, 6) is -0.411. The zero-order valence-electron chi connectivity index (χ0n) is 8.71. The first-order valence-corrected chi connectivity index (χ1v) is 5.53. The molecule has 0 radical (unpaired) electrons. The van der Waals surface area contributed by atoms with Crippen LogP contribution in [-0.4, -0.2) is 11.5 Å². The highest BCUT2D eigenvalue weighted by Crippen LogP contribution is 2.22. The average Bonchev–Trinajstić information content (AvgIpc) is 2.28. The molecular formula is C12H12ClFN2. The first-order valence-electron chi connectivity index (χ1n) is 5.15. The molecule has 0 fully saturated rings. The molecule has 0 saturated carbocycles. The summed E-state index contributed by atoms with van der Waals surface area (Å²) in [6.07, 6.45) is 1.73. The van der Waals surface area contributed by atoms with Crippen LogP contribution in [0.2, 0.25) is 5.02 Å². The predicted molar refractivity (Wildman–Crippen MR) is 64.1 cm³/mol. The van der Waals surface area contributed by atoms with Gasteiger partial charge in [0.15, 0.2) is 0 Å². The minimum atomic E-state index is -0.411. The highest BCUT2D eigenvalue weighted by Gasteiger charge is 2.04. The highest BCUT2D eigenvalue weighted by atomic mass is 35.5. The molecule has 0 aliphatic rings. The third-order valence-corrected chi connectivity index (χ3v) is 2.72. The molecule has 0 bridgehead atoms. The van der Waals surface area contributed by atoms with Crippen molar-refractivity contribution in [2.24, 2.45) is 5.73 Å². The lowest BCUT2D eigenvalue weighted by Crippen LogP contribution is -2.01. The molecule has 1 aromatic carbocycles. The second kappa shape index (κ2) is 4.76. The van der Waals surface area contributed by atoms with E-state index in [1.54, 1.807) is 6.07 Å². The molecule has 1 heterocycles. The molecule has 16 heavy (non-hydrogen) atoms. The Kier molecular flexibility index (Phi) is 3.36. The molecule has 2 rings (SSSR count). The van der Waals surface area contributed by atoms with Crippen LogP contribution in [0.25, 0.3) is 10.9 Å². The maximum absolute atomic E-state index is 13.2. The Labute approximate surface area is 98.2 Å². The number of nitrogens with two attached hydrogens (primary N) is 1. The monoisotopic (exact) mass is 238 g/mol. The molecule has 1 aromatic heterocycles. The molecule has 2 nitrogen and oxygen atoms in total. The summed E-state index contributed by atoms with van der Waals surface area (Å²) in [6.45, 7) is 0.643. The summed E-state index contributed by atoms with van der Waals surface area (Å²) in [5, 5.41) is 0.870. The summed E-state index contributed by atoms with van der Waals surface area (Å²) in [5.41, 5.74) is 7.12. The summed E-state index contributed by atoms with van der Waals surface area (Å²) >= 11 is 5.71. The molecule has 0 saturated heterocycles. The van der Waals surface area contributed by atoms with Crippen LogP contribution in [0.15, 0.2) is 24.3 Å². The van der Waals surface area contributed by atoms with Gasteiger partial charge in [0, 0.05) is 11.1 Å². The summed E-state index contributed by atoms with van der Waals surface area (Å²) < 4.78 is 13.2. The van der Waals surface area contributed by atoms with Crippen LogP contribution in [-0.2, 0) is 6.42 Å². The van der Waals surface area contributed by atoms with Gasteiger partial charge in [0.2, 0.25) is 0 Å². The van der Waals surface area contributed by atoms with Crippen LogP contribution in [0.3, 0.4) is 0 Å². The molecule has 0 amide bonds. The molecule has 0 aliphatic carbocycles. The normalized spacial score (nSPS) is 10.9. The fourth-order valence-electron chi connectivity index (χ4n) is 1.58. The van der Waals surface area contributed by atoms with Gasteiger partial charge in [-0.05, 0) is 37.6 Å². The Hall–Kier alpha value is -1.19. The lowest BCUT2D eigenvalue weighted by atomic mass is 10.1. The van der Waals surface area contributed by atoms with Crippen molar-refractivity contribution in [2.75, 3.05) is 6.54 Å². The van der Waals surface area contributed by atoms with Gasteiger partial charge in [-0.25, -0.2) is 4.39 Å². The van der Waals surface area contributed by atoms with Crippen molar-refractivity contribution in [2.45, 2.75) is 12.8 Å². The third-order valence-electron chi connectivity index (χ3n) is 2.43. The van der Waals surface area contributed by atoms with Gasteiger partial charge >= 0.3 is 0 Å². The number of hydrogen-bond acceptors (Lipinski definition) is 2. The van der Waals surface area contributed by atoms with Crippen molar-refractivity contribution in [3.63, 3.8) is 0 Å². The van der Waals surface area contributed by atoms with Gasteiger partial charge in [0.1, 0.15) is 5.82 Å². The van der Waals surface area contributed by atoms with Crippen molar-refractivity contribution >= 4 is 22.5 Å². The lowest BCUT2D eigenvalue weighted by Gasteiger charge is -2.03. The van der Waals surface area contributed by atoms with Crippen LogP contribution in [0.5, 0.6) is 0 Å². The number of rotatable bonds is 3. The second-order valence-corrected chi connectivity index (χ2v) is 4.06. The van der Waals surface area contributed by atoms with Crippen molar-refractivity contribution in [1.29, 1.82) is 0 Å². The summed E-state index contributed by atoms with van der Waals surface area (Å²) in [7, 11) is 0. The largest absolute Gasteiger partial charge is 0.330 e. The SMILES string of the molecule is NCCCc1ccc2cc(F)c(Cl)cc2n1. The van der Waals surface area contributed by atoms with E-state index in [9.17, 15) is 4.39 Å². The molecule has 0 aliphatic heterocycles. The maximum Gasteiger partial charge on any atom is 0.142 e. The first kappa shape index (κ1) is 11.3. The number of aryl methyl sites for hydroxylation is 1. The van der Waals surface area contributed by atoms with Gasteiger partial charge < -0.3 is 5.73 Å². The van der Waals surface area contributed by atoms with Gasteiger partial charge in [-0.1, -0.05) is 17.7 Å². The van der Waals surface area contributed by atoms with E-state index < -0.39 is 5.82 Å². The van der Waals surface area contributed by atoms with Crippen molar-refractivity contribution in [1.82, 2.24) is 4.98 Å². The Morgan fingerprint density at radius 3 is 2.88 bits per heavy atom. The number of halogens is 2. The molecule has 0 unspecified atom stereocenters. The van der Waals surface area contributed by atoms with Crippen molar-refractivity contribution in [3.8, 4) is 0 Å². The second-order valence-electron chi connectivity index (χ2n) is 3.65. The van der Waals surface area contributed by atoms with E-state index in [0.29, 0.717) is 6.54 Å². The number of pyridine rings is 1. The lowest BCUT2D eigenvalue weighted by molar-refractivity contribution is 0.630. The zero-order chi connectivity index (χ0) is 11.5. The van der Waals surface area contributed by atoms with E-state index in [2.05, 4.69) is 4.98 Å². The Bertz CT molecular complexity index is 514. The quantitative estimate of drug-likeness (QED) is 0.893. The number of benzene rings is 1. The Morgan fingerprint density at radius 1 is 1.31 bits per heavy atom. The fraction of sp³-hybridized carbons (Fsp3) is 0.250. The Balaban J connectivity index is 2.41. The average molecular weight is 239 g/mol. The maximum atomic E-state index is 13.2. The number of fused-ring (bicyclic) bond motifs is 1. The van der Waals surface area contributed by atoms with Gasteiger partial charge in [0.25, 0.3) is 0 Å². The summed E-state index contributed by atoms with van der Waals surface area (Å²) in [4.78, 5) is 4.41. The number of aromatic nitrogens is 1. The van der Waals surface area contributed by atoms with Gasteiger partial charge in [-0.3, -0.25) is 4.98 Å². The van der Waals surface area contributed by atoms with Gasteiger partial charge in [-0.15, -0.1) is 0 Å². The van der Waals surface area contributed by atoms with Crippen molar-refractivity contribution < 1.29 is 4.39 Å². The molecule has 0 atom stereocenters. The smallest absolute Gasteiger partial charge is 0.142 e. The molecular weight excluding hydrogens is 227 g/mol.